The number of rotatable bonds is 3. The maximum absolute atomic E-state index is 13.0. The molecule has 7 heteroatoms. The number of carboxylic acids is 1. The summed E-state index contributed by atoms with van der Waals surface area (Å²) in [6, 6.07) is 8.81. The maximum Gasteiger partial charge on any atom is 0.337 e. The standard InChI is InChI=1S/C19H18ClN3O3/c20-15-7-14(19(25)26)9-22-17(15)11-2-1-3-12(6-11)18(24)23-5-4-13-8-21-10-16(13)23/h1-3,6-7,9,13,16,21H,4-5,8,10H2,(H,25,26)/t13-,16+/m0/s1. The smallest absolute Gasteiger partial charge is 0.337 e. The SMILES string of the molecule is O=C(O)c1cnc(-c2cccc(C(=O)N3CC[C@H]4CNC[C@H]43)c2)c(Cl)c1. The fourth-order valence-corrected chi connectivity index (χ4v) is 4.11. The van der Waals surface area contributed by atoms with Gasteiger partial charge < -0.3 is 15.3 Å². The molecule has 3 heterocycles. The third-order valence-corrected chi connectivity index (χ3v) is 5.47. The number of fused-ring (bicyclic) bond motifs is 1. The van der Waals surface area contributed by atoms with E-state index < -0.39 is 5.97 Å². The molecule has 2 fully saturated rings. The minimum Gasteiger partial charge on any atom is -0.478 e. The normalized spacial score (nSPS) is 21.7. The zero-order valence-electron chi connectivity index (χ0n) is 14.0. The summed E-state index contributed by atoms with van der Waals surface area (Å²) < 4.78 is 0. The largest absolute Gasteiger partial charge is 0.478 e. The minimum atomic E-state index is -1.08. The van der Waals surface area contributed by atoms with Gasteiger partial charge in [0, 0.05) is 43.0 Å². The van der Waals surface area contributed by atoms with Crippen molar-refractivity contribution in [1.29, 1.82) is 0 Å². The predicted molar refractivity (Wildman–Crippen MR) is 97.4 cm³/mol. The van der Waals surface area contributed by atoms with Crippen molar-refractivity contribution < 1.29 is 14.7 Å². The Kier molecular flexibility index (Phi) is 4.38. The topological polar surface area (TPSA) is 82.5 Å². The summed E-state index contributed by atoms with van der Waals surface area (Å²) in [6.07, 6.45) is 2.31. The summed E-state index contributed by atoms with van der Waals surface area (Å²) in [5.74, 6) is -0.522. The second-order valence-electron chi connectivity index (χ2n) is 6.71. The van der Waals surface area contributed by atoms with Crippen LogP contribution in [0.15, 0.2) is 36.5 Å². The van der Waals surface area contributed by atoms with Gasteiger partial charge in [-0.1, -0.05) is 23.7 Å². The summed E-state index contributed by atoms with van der Waals surface area (Å²) in [7, 11) is 0. The molecule has 2 saturated heterocycles. The number of carbonyl (C=O) groups excluding carboxylic acids is 1. The summed E-state index contributed by atoms with van der Waals surface area (Å²) in [5, 5.41) is 12.6. The quantitative estimate of drug-likeness (QED) is 0.866. The lowest BCUT2D eigenvalue weighted by Gasteiger charge is -2.23. The van der Waals surface area contributed by atoms with Crippen LogP contribution in [0.4, 0.5) is 0 Å². The fourth-order valence-electron chi connectivity index (χ4n) is 3.83. The van der Waals surface area contributed by atoms with Crippen LogP contribution in [-0.4, -0.2) is 52.5 Å². The van der Waals surface area contributed by atoms with Gasteiger partial charge in [0.25, 0.3) is 5.91 Å². The molecule has 1 aromatic heterocycles. The van der Waals surface area contributed by atoms with Crippen LogP contribution in [0.3, 0.4) is 0 Å². The van der Waals surface area contributed by atoms with Crippen molar-refractivity contribution in [3.63, 3.8) is 0 Å². The number of aromatic nitrogens is 1. The van der Waals surface area contributed by atoms with E-state index in [0.717, 1.165) is 26.1 Å². The van der Waals surface area contributed by atoms with Gasteiger partial charge >= 0.3 is 5.97 Å². The van der Waals surface area contributed by atoms with E-state index in [1.807, 2.05) is 11.0 Å². The third kappa shape index (κ3) is 2.95. The van der Waals surface area contributed by atoms with E-state index in [2.05, 4.69) is 10.3 Å². The lowest BCUT2D eigenvalue weighted by molar-refractivity contribution is 0.0694. The second kappa shape index (κ2) is 6.70. The van der Waals surface area contributed by atoms with E-state index in [1.54, 1.807) is 18.2 Å². The van der Waals surface area contributed by atoms with E-state index in [1.165, 1.54) is 12.3 Å². The molecule has 6 nitrogen and oxygen atoms in total. The summed E-state index contributed by atoms with van der Waals surface area (Å²) in [6.45, 7) is 2.61. The number of halogens is 1. The number of hydrogen-bond acceptors (Lipinski definition) is 4. The number of hydrogen-bond donors (Lipinski definition) is 2. The highest BCUT2D eigenvalue weighted by molar-refractivity contribution is 6.33. The summed E-state index contributed by atoms with van der Waals surface area (Å²) >= 11 is 6.21. The van der Waals surface area contributed by atoms with Crippen LogP contribution >= 0.6 is 11.6 Å². The molecule has 134 valence electrons. The molecule has 2 atom stereocenters. The molecular weight excluding hydrogens is 354 g/mol. The van der Waals surface area contributed by atoms with Crippen molar-refractivity contribution in [3.8, 4) is 11.3 Å². The Morgan fingerprint density at radius 2 is 2.08 bits per heavy atom. The number of carbonyl (C=O) groups is 2. The van der Waals surface area contributed by atoms with Gasteiger partial charge in [-0.05, 0) is 30.5 Å². The first-order valence-corrected chi connectivity index (χ1v) is 8.93. The van der Waals surface area contributed by atoms with Crippen molar-refractivity contribution >= 4 is 23.5 Å². The van der Waals surface area contributed by atoms with Crippen LogP contribution in [-0.2, 0) is 0 Å². The Morgan fingerprint density at radius 1 is 1.23 bits per heavy atom. The first kappa shape index (κ1) is 17.0. The van der Waals surface area contributed by atoms with Crippen molar-refractivity contribution in [1.82, 2.24) is 15.2 Å². The molecule has 2 N–H and O–H groups in total. The molecule has 1 aromatic carbocycles. The predicted octanol–water partition coefficient (Wildman–Crippen LogP) is 2.53. The van der Waals surface area contributed by atoms with Crippen LogP contribution in [0.1, 0.15) is 27.1 Å². The number of nitrogens with zero attached hydrogens (tertiary/aromatic N) is 2. The minimum absolute atomic E-state index is 0.0151. The average Bonchev–Trinajstić information content (AvgIpc) is 3.24. The molecule has 2 aliphatic rings. The van der Waals surface area contributed by atoms with Crippen LogP contribution in [0.2, 0.25) is 5.02 Å². The van der Waals surface area contributed by atoms with E-state index in [9.17, 15) is 9.59 Å². The Labute approximate surface area is 155 Å². The molecule has 0 spiro atoms. The number of amides is 1. The number of nitrogens with one attached hydrogen (secondary N) is 1. The van der Waals surface area contributed by atoms with Gasteiger partial charge in [-0.25, -0.2) is 4.79 Å². The zero-order valence-corrected chi connectivity index (χ0v) is 14.7. The van der Waals surface area contributed by atoms with Crippen molar-refractivity contribution in [3.05, 3.63) is 52.7 Å². The first-order valence-electron chi connectivity index (χ1n) is 8.55. The van der Waals surface area contributed by atoms with E-state index in [0.29, 0.717) is 22.7 Å². The Bertz CT molecular complexity index is 886. The van der Waals surface area contributed by atoms with E-state index in [4.69, 9.17) is 16.7 Å². The number of aromatic carboxylic acids is 1. The van der Waals surface area contributed by atoms with Crippen molar-refractivity contribution in [2.75, 3.05) is 19.6 Å². The molecule has 26 heavy (non-hydrogen) atoms. The molecule has 0 aliphatic carbocycles. The molecular formula is C19H18ClN3O3. The Hall–Kier alpha value is -2.44. The Morgan fingerprint density at radius 3 is 2.85 bits per heavy atom. The number of benzene rings is 1. The molecule has 2 aromatic rings. The molecule has 0 unspecified atom stereocenters. The highest BCUT2D eigenvalue weighted by Crippen LogP contribution is 2.30. The highest BCUT2D eigenvalue weighted by Gasteiger charge is 2.40. The third-order valence-electron chi connectivity index (χ3n) is 5.18. The van der Waals surface area contributed by atoms with Crippen LogP contribution in [0.5, 0.6) is 0 Å². The van der Waals surface area contributed by atoms with Gasteiger partial charge in [-0.15, -0.1) is 0 Å². The van der Waals surface area contributed by atoms with Crippen molar-refractivity contribution in [2.24, 2.45) is 5.92 Å². The molecule has 4 rings (SSSR count). The van der Waals surface area contributed by atoms with Gasteiger partial charge in [-0.3, -0.25) is 9.78 Å². The second-order valence-corrected chi connectivity index (χ2v) is 7.12. The number of pyridine rings is 1. The van der Waals surface area contributed by atoms with Crippen molar-refractivity contribution in [2.45, 2.75) is 12.5 Å². The highest BCUT2D eigenvalue weighted by atomic mass is 35.5. The lowest BCUT2D eigenvalue weighted by Crippen LogP contribution is -2.39. The Balaban J connectivity index is 1.63. The average molecular weight is 372 g/mol. The van der Waals surface area contributed by atoms with Crippen LogP contribution in [0, 0.1) is 5.92 Å². The van der Waals surface area contributed by atoms with E-state index >= 15 is 0 Å². The zero-order chi connectivity index (χ0) is 18.3. The number of likely N-dealkylation sites (tertiary alicyclic amines) is 1. The fraction of sp³-hybridized carbons (Fsp3) is 0.316. The summed E-state index contributed by atoms with van der Waals surface area (Å²) in [5.41, 5.74) is 1.78. The van der Waals surface area contributed by atoms with E-state index in [-0.39, 0.29) is 22.5 Å². The molecule has 0 bridgehead atoms. The van der Waals surface area contributed by atoms with Crippen LogP contribution in [0.25, 0.3) is 11.3 Å². The van der Waals surface area contributed by atoms with Gasteiger partial charge in [0.2, 0.25) is 0 Å². The molecule has 1 amide bonds. The van der Waals surface area contributed by atoms with Gasteiger partial charge in [0.1, 0.15) is 0 Å². The van der Waals surface area contributed by atoms with Gasteiger partial charge in [0.15, 0.2) is 0 Å². The lowest BCUT2D eigenvalue weighted by atomic mass is 10.0. The first-order chi connectivity index (χ1) is 12.5. The maximum atomic E-state index is 13.0. The number of carboxylic acid groups (broad SMARTS) is 1. The molecule has 0 radical (unpaired) electrons. The monoisotopic (exact) mass is 371 g/mol. The molecule has 2 aliphatic heterocycles. The summed E-state index contributed by atoms with van der Waals surface area (Å²) in [4.78, 5) is 30.1. The van der Waals surface area contributed by atoms with Crippen LogP contribution < -0.4 is 5.32 Å². The van der Waals surface area contributed by atoms with Gasteiger partial charge in [-0.2, -0.15) is 0 Å². The van der Waals surface area contributed by atoms with Gasteiger partial charge in [0.05, 0.1) is 16.3 Å². The molecule has 0 saturated carbocycles.